The normalized spacial score (nSPS) is 50.0. The predicted octanol–water partition coefficient (Wildman–Crippen LogP) is -6.40. The summed E-state index contributed by atoms with van der Waals surface area (Å²) in [5.74, 6) is -0.632. The first-order valence-corrected chi connectivity index (χ1v) is 11.4. The van der Waals surface area contributed by atoms with Gasteiger partial charge in [-0.25, -0.2) is 0 Å². The topological polar surface area (TPSA) is 257 Å². The molecule has 0 aliphatic carbocycles. The maximum Gasteiger partial charge on any atom is 0.217 e. The summed E-state index contributed by atoms with van der Waals surface area (Å²) in [6.07, 6.45) is -22.2. The zero-order valence-electron chi connectivity index (χ0n) is 19.5. The quantitative estimate of drug-likeness (QED) is 0.147. The fourth-order valence-corrected chi connectivity index (χ4v) is 4.38. The average Bonchev–Trinajstić information content (AvgIpc) is 2.83. The Morgan fingerprint density at radius 3 is 1.89 bits per heavy atom. The van der Waals surface area contributed by atoms with Crippen molar-refractivity contribution in [1.29, 1.82) is 0 Å². The highest BCUT2D eigenvalue weighted by Gasteiger charge is 2.53. The summed E-state index contributed by atoms with van der Waals surface area (Å²) < 4.78 is 27.4. The molecule has 3 aliphatic rings. The average molecular weight is 529 g/mol. The van der Waals surface area contributed by atoms with Crippen LogP contribution in [0.15, 0.2) is 0 Å². The van der Waals surface area contributed by atoms with Gasteiger partial charge in [-0.15, -0.1) is 0 Å². The number of aliphatic hydroxyl groups is 9. The van der Waals surface area contributed by atoms with E-state index in [1.54, 1.807) is 0 Å². The molecule has 16 nitrogen and oxygen atoms in total. The van der Waals surface area contributed by atoms with E-state index in [0.29, 0.717) is 0 Å². The first kappa shape index (κ1) is 29.5. The summed E-state index contributed by atoms with van der Waals surface area (Å²) in [7, 11) is 0. The van der Waals surface area contributed by atoms with Crippen LogP contribution >= 0.6 is 0 Å². The van der Waals surface area contributed by atoms with Crippen molar-refractivity contribution >= 4 is 5.91 Å². The maximum atomic E-state index is 11.7. The van der Waals surface area contributed by atoms with E-state index in [1.807, 2.05) is 0 Å². The van der Waals surface area contributed by atoms with Crippen molar-refractivity contribution < 1.29 is 74.4 Å². The summed E-state index contributed by atoms with van der Waals surface area (Å²) in [5.41, 5.74) is 0. The van der Waals surface area contributed by atoms with Gasteiger partial charge in [0.15, 0.2) is 18.9 Å². The van der Waals surface area contributed by atoms with E-state index in [2.05, 4.69) is 5.32 Å². The van der Waals surface area contributed by atoms with E-state index >= 15 is 0 Å². The van der Waals surface area contributed by atoms with Crippen molar-refractivity contribution in [1.82, 2.24) is 5.32 Å². The highest BCUT2D eigenvalue weighted by molar-refractivity contribution is 5.73. The van der Waals surface area contributed by atoms with Crippen molar-refractivity contribution in [2.24, 2.45) is 0 Å². The van der Waals surface area contributed by atoms with Gasteiger partial charge in [0.25, 0.3) is 0 Å². The minimum atomic E-state index is -1.83. The fourth-order valence-electron chi connectivity index (χ4n) is 4.38. The molecule has 0 unspecified atom stereocenters. The maximum absolute atomic E-state index is 11.7. The van der Waals surface area contributed by atoms with E-state index in [0.717, 1.165) is 6.92 Å². The van der Waals surface area contributed by atoms with E-state index in [9.17, 15) is 50.8 Å². The third kappa shape index (κ3) is 5.97. The van der Waals surface area contributed by atoms with Gasteiger partial charge in [-0.3, -0.25) is 4.79 Å². The lowest BCUT2D eigenvalue weighted by atomic mass is 9.95. The highest BCUT2D eigenvalue weighted by atomic mass is 16.8. The minimum absolute atomic E-state index is 0.632. The largest absolute Gasteiger partial charge is 0.394 e. The standard InChI is InChI=1S/C20H35NO15/c1-5-10(25)13(28)15(30)19(32-5)36-17-14(29)11(26)7(3-22)34-20(17)35-16-9(21-6(2)24)18(31)33-8(4-23)12(16)27/h5,7-20,22-23,25-31H,3-4H2,1-2H3,(H,21,24)/t5-,7+,8-,9-,10-,11+,12+,13+,14-,15+,16+,17-,18+,19+,20+/m1/s1. The van der Waals surface area contributed by atoms with Crippen LogP contribution in [0.2, 0.25) is 0 Å². The molecule has 3 saturated heterocycles. The van der Waals surface area contributed by atoms with E-state index < -0.39 is 111 Å². The first-order valence-electron chi connectivity index (χ1n) is 11.4. The number of nitrogens with one attached hydrogen (secondary N) is 1. The van der Waals surface area contributed by atoms with Crippen LogP contribution in [-0.4, -0.2) is 157 Å². The van der Waals surface area contributed by atoms with E-state index in [4.69, 9.17) is 23.7 Å². The lowest BCUT2D eigenvalue weighted by Gasteiger charge is -2.48. The number of ether oxygens (including phenoxy) is 5. The summed E-state index contributed by atoms with van der Waals surface area (Å²) in [6.45, 7) is 1.00. The van der Waals surface area contributed by atoms with Crippen molar-refractivity contribution in [2.75, 3.05) is 13.2 Å². The number of rotatable bonds is 7. The van der Waals surface area contributed by atoms with Crippen LogP contribution in [-0.2, 0) is 28.5 Å². The summed E-state index contributed by atoms with van der Waals surface area (Å²) in [5, 5.41) is 93.8. The predicted molar refractivity (Wildman–Crippen MR) is 111 cm³/mol. The van der Waals surface area contributed by atoms with Gasteiger partial charge < -0.3 is 75.0 Å². The van der Waals surface area contributed by atoms with Crippen molar-refractivity contribution in [3.05, 3.63) is 0 Å². The number of amides is 1. The van der Waals surface area contributed by atoms with Crippen LogP contribution in [0, 0.1) is 0 Å². The first-order chi connectivity index (χ1) is 16.9. The third-order valence-corrected chi connectivity index (χ3v) is 6.46. The van der Waals surface area contributed by atoms with Gasteiger partial charge in [0.1, 0.15) is 67.1 Å². The zero-order valence-corrected chi connectivity index (χ0v) is 19.5. The molecular formula is C20H35NO15. The molecule has 10 N–H and O–H groups in total. The Morgan fingerprint density at radius 1 is 0.722 bits per heavy atom. The Labute approximate surface area is 205 Å². The molecule has 0 saturated carbocycles. The van der Waals surface area contributed by atoms with E-state index in [1.165, 1.54) is 6.92 Å². The smallest absolute Gasteiger partial charge is 0.217 e. The second-order valence-corrected chi connectivity index (χ2v) is 9.05. The number of aliphatic hydroxyl groups excluding tert-OH is 9. The number of hydrogen-bond donors (Lipinski definition) is 10. The zero-order chi connectivity index (χ0) is 26.9. The lowest BCUT2D eigenvalue weighted by molar-refractivity contribution is -0.380. The van der Waals surface area contributed by atoms with Gasteiger partial charge in [-0.2, -0.15) is 0 Å². The molecule has 3 rings (SSSR count). The van der Waals surface area contributed by atoms with Gasteiger partial charge in [0, 0.05) is 6.92 Å². The molecule has 1 amide bonds. The summed E-state index contributed by atoms with van der Waals surface area (Å²) >= 11 is 0. The number of carbonyl (C=O) groups is 1. The highest BCUT2D eigenvalue weighted by Crippen LogP contribution is 2.32. The van der Waals surface area contributed by atoms with Crippen LogP contribution < -0.4 is 5.32 Å². The molecule has 0 aromatic rings. The number of hydrogen-bond acceptors (Lipinski definition) is 15. The van der Waals surface area contributed by atoms with Crippen LogP contribution in [0.25, 0.3) is 0 Å². The Kier molecular flexibility index (Phi) is 9.97. The van der Waals surface area contributed by atoms with Gasteiger partial charge in [0.05, 0.1) is 19.3 Å². The van der Waals surface area contributed by atoms with Gasteiger partial charge in [-0.1, -0.05) is 0 Å². The number of carbonyl (C=O) groups excluding carboxylic acids is 1. The monoisotopic (exact) mass is 529 g/mol. The Morgan fingerprint density at radius 2 is 1.31 bits per heavy atom. The van der Waals surface area contributed by atoms with Gasteiger partial charge in [-0.05, 0) is 6.92 Å². The van der Waals surface area contributed by atoms with Crippen LogP contribution in [0.1, 0.15) is 13.8 Å². The molecule has 3 aliphatic heterocycles. The molecule has 16 heteroatoms. The van der Waals surface area contributed by atoms with Crippen LogP contribution in [0.4, 0.5) is 0 Å². The SMILES string of the molecule is CC(=O)N[C@@H]1[C@H](O[C@@H]2O[C@@H](CO)[C@H](O)[C@@H](O)[C@H]2O[C@@H]2O[C@H](C)[C@@H](O)[C@H](O)[C@@H]2O)[C@@H](O)[C@@H](CO)O[C@@H]1O. The molecule has 0 aromatic carbocycles. The van der Waals surface area contributed by atoms with Crippen LogP contribution in [0.5, 0.6) is 0 Å². The second-order valence-electron chi connectivity index (χ2n) is 9.05. The summed E-state index contributed by atoms with van der Waals surface area (Å²) in [4.78, 5) is 11.7. The molecule has 15 atom stereocenters. The van der Waals surface area contributed by atoms with E-state index in [-0.39, 0.29) is 0 Å². The molecule has 36 heavy (non-hydrogen) atoms. The van der Waals surface area contributed by atoms with Crippen molar-refractivity contribution in [3.8, 4) is 0 Å². The van der Waals surface area contributed by atoms with Gasteiger partial charge >= 0.3 is 0 Å². The van der Waals surface area contributed by atoms with Crippen molar-refractivity contribution in [3.63, 3.8) is 0 Å². The van der Waals surface area contributed by atoms with Crippen LogP contribution in [0.3, 0.4) is 0 Å². The molecule has 0 spiro atoms. The summed E-state index contributed by atoms with van der Waals surface area (Å²) in [6, 6.07) is -1.39. The van der Waals surface area contributed by atoms with Crippen molar-refractivity contribution in [2.45, 2.75) is 106 Å². The Balaban J connectivity index is 1.89. The second kappa shape index (κ2) is 12.2. The van der Waals surface area contributed by atoms with Gasteiger partial charge in [0.2, 0.25) is 5.91 Å². The molecule has 3 fully saturated rings. The molecule has 210 valence electrons. The lowest BCUT2D eigenvalue weighted by Crippen LogP contribution is -2.68. The fraction of sp³-hybridized carbons (Fsp3) is 0.950. The Hall–Kier alpha value is -1.09. The molecule has 3 heterocycles. The minimum Gasteiger partial charge on any atom is -0.394 e. The molecule has 0 radical (unpaired) electrons. The molecule has 0 bridgehead atoms. The molecular weight excluding hydrogens is 494 g/mol. The third-order valence-electron chi connectivity index (χ3n) is 6.46. The molecule has 0 aromatic heterocycles. The Bertz CT molecular complexity index is 731.